The van der Waals surface area contributed by atoms with Gasteiger partial charge >= 0.3 is 5.97 Å². The summed E-state index contributed by atoms with van der Waals surface area (Å²) in [5.41, 5.74) is 3.19. The molecule has 0 aliphatic heterocycles. The van der Waals surface area contributed by atoms with Crippen molar-refractivity contribution in [2.45, 2.75) is 18.9 Å². The molecule has 1 saturated carbocycles. The molecule has 0 saturated heterocycles. The molecular weight excluding hydrogens is 374 g/mol. The Hall–Kier alpha value is -2.98. The fourth-order valence-electron chi connectivity index (χ4n) is 3.25. The maximum atomic E-state index is 11.0. The van der Waals surface area contributed by atoms with Crippen LogP contribution in [0.15, 0.2) is 72.8 Å². The van der Waals surface area contributed by atoms with E-state index >= 15 is 0 Å². The maximum Gasteiger partial charge on any atom is 0.307 e. The van der Waals surface area contributed by atoms with Crippen molar-refractivity contribution in [1.82, 2.24) is 0 Å². The van der Waals surface area contributed by atoms with Crippen LogP contribution in [0.25, 0.3) is 0 Å². The summed E-state index contributed by atoms with van der Waals surface area (Å²) in [6.45, 7) is 0.665. The van der Waals surface area contributed by atoms with Gasteiger partial charge in [0.1, 0.15) is 11.5 Å². The summed E-state index contributed by atoms with van der Waals surface area (Å²) in [5, 5.41) is 13.1. The lowest BCUT2D eigenvalue weighted by Crippen LogP contribution is -2.00. The number of carboxylic acids is 1. The van der Waals surface area contributed by atoms with Gasteiger partial charge in [0.25, 0.3) is 0 Å². The van der Waals surface area contributed by atoms with Gasteiger partial charge in [-0.05, 0) is 72.0 Å². The molecule has 1 fully saturated rings. The number of hydrogen-bond donors (Lipinski definition) is 2. The molecule has 2 N–H and O–H groups in total. The predicted molar refractivity (Wildman–Crippen MR) is 110 cm³/mol. The number of hydrogen-bond acceptors (Lipinski definition) is 3. The van der Waals surface area contributed by atoms with Crippen LogP contribution in [0.1, 0.15) is 23.5 Å². The first kappa shape index (κ1) is 18.4. The number of halogens is 1. The number of anilines is 1. The molecule has 3 aromatic rings. The molecule has 3 aromatic carbocycles. The molecule has 0 aromatic heterocycles. The Balaban J connectivity index is 1.34. The first-order valence-corrected chi connectivity index (χ1v) is 9.55. The minimum absolute atomic E-state index is 0.160. The monoisotopic (exact) mass is 393 g/mol. The maximum absolute atomic E-state index is 11.0. The van der Waals surface area contributed by atoms with E-state index in [1.807, 2.05) is 60.7 Å². The minimum atomic E-state index is -0.701. The van der Waals surface area contributed by atoms with Crippen molar-refractivity contribution in [3.05, 3.63) is 88.9 Å². The Morgan fingerprint density at radius 2 is 1.79 bits per heavy atom. The summed E-state index contributed by atoms with van der Waals surface area (Å²) in [6, 6.07) is 23.2. The van der Waals surface area contributed by atoms with E-state index in [4.69, 9.17) is 21.4 Å². The summed E-state index contributed by atoms with van der Waals surface area (Å²) in [6.07, 6.45) is 0.739. The first-order valence-electron chi connectivity index (χ1n) is 9.17. The number of nitrogens with one attached hydrogen (secondary N) is 1. The number of carbonyl (C=O) groups is 1. The molecule has 2 atom stereocenters. The fourth-order valence-corrected chi connectivity index (χ4v) is 3.37. The van der Waals surface area contributed by atoms with E-state index in [1.54, 1.807) is 12.1 Å². The van der Waals surface area contributed by atoms with Crippen LogP contribution in [0.5, 0.6) is 11.5 Å². The van der Waals surface area contributed by atoms with Crippen molar-refractivity contribution in [2.24, 2.45) is 5.92 Å². The van der Waals surface area contributed by atoms with Gasteiger partial charge < -0.3 is 15.2 Å². The van der Waals surface area contributed by atoms with Gasteiger partial charge in [0.15, 0.2) is 0 Å². The molecule has 4 rings (SSSR count). The third-order valence-electron chi connectivity index (χ3n) is 4.89. The zero-order chi connectivity index (χ0) is 19.5. The average Bonchev–Trinajstić information content (AvgIpc) is 3.50. The first-order chi connectivity index (χ1) is 13.6. The molecule has 0 spiro atoms. The summed E-state index contributed by atoms with van der Waals surface area (Å²) in [7, 11) is 0. The second kappa shape index (κ2) is 7.95. The normalized spacial score (nSPS) is 17.8. The molecule has 0 bridgehead atoms. The van der Waals surface area contributed by atoms with Crippen LogP contribution < -0.4 is 10.1 Å². The average molecular weight is 394 g/mol. The smallest absolute Gasteiger partial charge is 0.307 e. The highest BCUT2D eigenvalue weighted by Crippen LogP contribution is 2.47. The summed E-state index contributed by atoms with van der Waals surface area (Å²) >= 11 is 5.90. The molecule has 5 heteroatoms. The van der Waals surface area contributed by atoms with Crippen LogP contribution in [0.3, 0.4) is 0 Å². The predicted octanol–water partition coefficient (Wildman–Crippen LogP) is 5.93. The number of carboxylic acid groups (broad SMARTS) is 1. The Morgan fingerprint density at radius 1 is 1.04 bits per heavy atom. The molecular formula is C23H20ClNO3. The second-order valence-electron chi connectivity index (χ2n) is 6.97. The summed E-state index contributed by atoms with van der Waals surface area (Å²) in [5.74, 6) is 0.749. The van der Waals surface area contributed by atoms with E-state index in [9.17, 15) is 4.79 Å². The molecule has 28 heavy (non-hydrogen) atoms. The summed E-state index contributed by atoms with van der Waals surface area (Å²) in [4.78, 5) is 11.0. The SMILES string of the molecule is O=C(O)C1CC1c1ccc(NCc2cccc(Oc3ccc(Cl)cc3)c2)cc1. The Bertz CT molecular complexity index is 970. The molecule has 2 unspecified atom stereocenters. The lowest BCUT2D eigenvalue weighted by molar-refractivity contribution is -0.138. The van der Waals surface area contributed by atoms with Crippen molar-refractivity contribution in [1.29, 1.82) is 0 Å². The third kappa shape index (κ3) is 4.46. The van der Waals surface area contributed by atoms with Crippen molar-refractivity contribution in [3.8, 4) is 11.5 Å². The largest absolute Gasteiger partial charge is 0.481 e. The number of rotatable bonds is 7. The van der Waals surface area contributed by atoms with E-state index < -0.39 is 5.97 Å². The van der Waals surface area contributed by atoms with Gasteiger partial charge in [-0.25, -0.2) is 0 Å². The summed E-state index contributed by atoms with van der Waals surface area (Å²) < 4.78 is 5.87. The molecule has 0 radical (unpaired) electrons. The van der Waals surface area contributed by atoms with Gasteiger partial charge in [-0.15, -0.1) is 0 Å². The van der Waals surface area contributed by atoms with Crippen molar-refractivity contribution < 1.29 is 14.6 Å². The molecule has 1 aliphatic rings. The van der Waals surface area contributed by atoms with Gasteiger partial charge in [-0.2, -0.15) is 0 Å². The van der Waals surface area contributed by atoms with Gasteiger partial charge in [-0.3, -0.25) is 4.79 Å². The van der Waals surface area contributed by atoms with Crippen molar-refractivity contribution >= 4 is 23.3 Å². The van der Waals surface area contributed by atoms with E-state index in [-0.39, 0.29) is 11.8 Å². The standard InChI is InChI=1S/C23H20ClNO3/c24-17-6-10-19(11-7-17)28-20-3-1-2-15(12-20)14-25-18-8-4-16(5-9-18)21-13-22(21)23(26)27/h1-12,21-22,25H,13-14H2,(H,26,27). The molecule has 142 valence electrons. The number of benzene rings is 3. The van der Waals surface area contributed by atoms with Crippen LogP contribution in [-0.2, 0) is 11.3 Å². The number of aliphatic carboxylic acids is 1. The Morgan fingerprint density at radius 3 is 2.46 bits per heavy atom. The Labute approximate surface area is 168 Å². The zero-order valence-electron chi connectivity index (χ0n) is 15.1. The van der Waals surface area contributed by atoms with E-state index in [1.165, 1.54) is 0 Å². The van der Waals surface area contributed by atoms with E-state index in [2.05, 4.69) is 5.32 Å². The highest BCUT2D eigenvalue weighted by molar-refractivity contribution is 6.30. The zero-order valence-corrected chi connectivity index (χ0v) is 15.9. The highest BCUT2D eigenvalue weighted by Gasteiger charge is 2.43. The van der Waals surface area contributed by atoms with Crippen molar-refractivity contribution in [3.63, 3.8) is 0 Å². The third-order valence-corrected chi connectivity index (χ3v) is 5.14. The van der Waals surface area contributed by atoms with Crippen LogP contribution in [0.2, 0.25) is 5.02 Å². The molecule has 4 nitrogen and oxygen atoms in total. The lowest BCUT2D eigenvalue weighted by Gasteiger charge is -2.10. The van der Waals surface area contributed by atoms with Crippen LogP contribution in [-0.4, -0.2) is 11.1 Å². The second-order valence-corrected chi connectivity index (χ2v) is 7.40. The minimum Gasteiger partial charge on any atom is -0.481 e. The van der Waals surface area contributed by atoms with E-state index in [0.29, 0.717) is 11.6 Å². The van der Waals surface area contributed by atoms with Crippen LogP contribution >= 0.6 is 11.6 Å². The van der Waals surface area contributed by atoms with Crippen molar-refractivity contribution in [2.75, 3.05) is 5.32 Å². The van der Waals surface area contributed by atoms with Gasteiger partial charge in [-0.1, -0.05) is 35.9 Å². The van der Waals surface area contributed by atoms with Gasteiger partial charge in [0.05, 0.1) is 5.92 Å². The van der Waals surface area contributed by atoms with E-state index in [0.717, 1.165) is 34.7 Å². The topological polar surface area (TPSA) is 58.6 Å². The van der Waals surface area contributed by atoms with Crippen LogP contribution in [0, 0.1) is 5.92 Å². The van der Waals surface area contributed by atoms with Gasteiger partial charge in [0, 0.05) is 17.3 Å². The van der Waals surface area contributed by atoms with Gasteiger partial charge in [0.2, 0.25) is 0 Å². The highest BCUT2D eigenvalue weighted by atomic mass is 35.5. The fraction of sp³-hybridized carbons (Fsp3) is 0.174. The quantitative estimate of drug-likeness (QED) is 0.522. The lowest BCUT2D eigenvalue weighted by atomic mass is 10.1. The number of ether oxygens (including phenoxy) is 1. The Kier molecular flexibility index (Phi) is 5.22. The van der Waals surface area contributed by atoms with Crippen LogP contribution in [0.4, 0.5) is 5.69 Å². The molecule has 1 aliphatic carbocycles. The molecule has 0 heterocycles. The molecule has 0 amide bonds.